The number of Topliss-reactive ketones (excluding diaryl/α,β-unsaturated/α-hetero) is 2. The van der Waals surface area contributed by atoms with Crippen LogP contribution in [0.5, 0.6) is 0 Å². The predicted molar refractivity (Wildman–Crippen MR) is 88.9 cm³/mol. The number of hydrogen-bond donors (Lipinski definition) is 1. The average molecular weight is 309 g/mol. The zero-order valence-corrected chi connectivity index (χ0v) is 14.0. The fourth-order valence-electron chi connectivity index (χ4n) is 5.64. The summed E-state index contributed by atoms with van der Waals surface area (Å²) in [7, 11) is 0. The lowest BCUT2D eigenvalue weighted by Gasteiger charge is -2.37. The first-order chi connectivity index (χ1) is 10.9. The second kappa shape index (κ2) is 4.86. The first-order valence-electron chi connectivity index (χ1n) is 8.62. The van der Waals surface area contributed by atoms with E-state index in [1.165, 1.54) is 5.56 Å². The number of hydrogen-bond acceptors (Lipinski definition) is 3. The van der Waals surface area contributed by atoms with E-state index in [1.54, 1.807) is 0 Å². The Hall–Kier alpha value is -1.77. The van der Waals surface area contributed by atoms with Crippen LogP contribution in [0.25, 0.3) is 0 Å². The summed E-state index contributed by atoms with van der Waals surface area (Å²) in [5.41, 5.74) is 4.94. The Morgan fingerprint density at radius 2 is 1.61 bits per heavy atom. The van der Waals surface area contributed by atoms with Gasteiger partial charge in [-0.15, -0.1) is 0 Å². The Morgan fingerprint density at radius 1 is 1.00 bits per heavy atom. The molecule has 0 aliphatic heterocycles. The minimum absolute atomic E-state index is 0.0756. The van der Waals surface area contributed by atoms with Crippen molar-refractivity contribution in [1.82, 2.24) is 0 Å². The Bertz CT molecular complexity index is 725. The average Bonchev–Trinajstić information content (AvgIpc) is 2.94. The van der Waals surface area contributed by atoms with E-state index in [2.05, 4.69) is 12.1 Å². The number of rotatable bonds is 1. The number of fused-ring (bicyclic) bond motifs is 5. The van der Waals surface area contributed by atoms with Crippen molar-refractivity contribution in [2.45, 2.75) is 46.0 Å². The molecule has 5 atom stereocenters. The van der Waals surface area contributed by atoms with Gasteiger partial charge in [0.1, 0.15) is 11.7 Å². The van der Waals surface area contributed by atoms with Crippen molar-refractivity contribution in [3.8, 4) is 0 Å². The molecule has 3 heteroatoms. The van der Waals surface area contributed by atoms with Gasteiger partial charge in [-0.1, -0.05) is 17.7 Å². The van der Waals surface area contributed by atoms with Gasteiger partial charge in [-0.3, -0.25) is 9.59 Å². The van der Waals surface area contributed by atoms with Crippen molar-refractivity contribution >= 4 is 17.3 Å². The van der Waals surface area contributed by atoms with Crippen molar-refractivity contribution in [2.75, 3.05) is 0 Å². The van der Waals surface area contributed by atoms with Gasteiger partial charge in [-0.05, 0) is 56.2 Å². The Labute approximate surface area is 137 Å². The molecule has 0 saturated heterocycles. The van der Waals surface area contributed by atoms with Crippen LogP contribution < -0.4 is 0 Å². The minimum Gasteiger partial charge on any atom is -0.309 e. The third kappa shape index (κ3) is 1.92. The summed E-state index contributed by atoms with van der Waals surface area (Å²) in [6, 6.07) is 4.13. The predicted octanol–water partition coefficient (Wildman–Crippen LogP) is 3.53. The zero-order valence-electron chi connectivity index (χ0n) is 14.0. The fourth-order valence-corrected chi connectivity index (χ4v) is 5.64. The minimum atomic E-state index is -0.594. The van der Waals surface area contributed by atoms with Gasteiger partial charge in [0.05, 0.1) is 0 Å². The monoisotopic (exact) mass is 309 g/mol. The molecule has 3 saturated carbocycles. The zero-order chi connectivity index (χ0) is 16.5. The summed E-state index contributed by atoms with van der Waals surface area (Å²) >= 11 is 0. The molecule has 0 aromatic heterocycles. The molecular weight excluding hydrogens is 286 g/mol. The summed E-state index contributed by atoms with van der Waals surface area (Å²) in [4.78, 5) is 26.1. The van der Waals surface area contributed by atoms with Gasteiger partial charge >= 0.3 is 0 Å². The van der Waals surface area contributed by atoms with Crippen LogP contribution in [0.3, 0.4) is 0 Å². The van der Waals surface area contributed by atoms with Crippen LogP contribution in [0.2, 0.25) is 0 Å². The van der Waals surface area contributed by atoms with Crippen LogP contribution in [0.15, 0.2) is 12.1 Å². The number of benzene rings is 1. The van der Waals surface area contributed by atoms with Gasteiger partial charge in [0.25, 0.3) is 0 Å². The Kier molecular flexibility index (Phi) is 3.13. The topological polar surface area (TPSA) is 58.0 Å². The molecule has 2 bridgehead atoms. The molecule has 3 aliphatic rings. The molecule has 0 spiro atoms. The maximum Gasteiger partial charge on any atom is 0.151 e. The summed E-state index contributed by atoms with van der Waals surface area (Å²) in [6.45, 7) is 6.05. The van der Waals surface area contributed by atoms with Gasteiger partial charge in [-0.2, -0.15) is 0 Å². The molecular formula is C20H23NO2. The largest absolute Gasteiger partial charge is 0.309 e. The molecule has 0 amide bonds. The van der Waals surface area contributed by atoms with Gasteiger partial charge in [0.15, 0.2) is 5.78 Å². The highest BCUT2D eigenvalue weighted by molar-refractivity contribution is 6.14. The maximum atomic E-state index is 13.2. The fraction of sp³-hybridized carbons (Fsp3) is 0.550. The van der Waals surface area contributed by atoms with E-state index >= 15 is 0 Å². The lowest BCUT2D eigenvalue weighted by molar-refractivity contribution is -0.139. The number of carbonyl (C=O) groups excluding carboxylic acids is 2. The van der Waals surface area contributed by atoms with Crippen molar-refractivity contribution in [3.63, 3.8) is 0 Å². The van der Waals surface area contributed by atoms with Crippen LogP contribution in [0.4, 0.5) is 0 Å². The number of ketones is 2. The summed E-state index contributed by atoms with van der Waals surface area (Å²) in [5.74, 6) is -0.0836. The smallest absolute Gasteiger partial charge is 0.151 e. The molecule has 3 aliphatic carbocycles. The van der Waals surface area contributed by atoms with E-state index in [0.29, 0.717) is 6.42 Å². The van der Waals surface area contributed by atoms with Crippen LogP contribution in [0.1, 0.15) is 47.4 Å². The second-order valence-electron chi connectivity index (χ2n) is 7.75. The first-order valence-corrected chi connectivity index (χ1v) is 8.62. The van der Waals surface area contributed by atoms with Crippen molar-refractivity contribution < 1.29 is 9.59 Å². The molecule has 5 unspecified atom stereocenters. The Morgan fingerprint density at radius 3 is 2.26 bits per heavy atom. The molecule has 1 aromatic carbocycles. The molecule has 4 rings (SSSR count). The SMILES string of the molecule is Cc1cc(C)c(C2C(=O)CC3C4CCC(C4=N)C3C2=O)c(C)c1. The van der Waals surface area contributed by atoms with Gasteiger partial charge < -0.3 is 5.41 Å². The molecule has 0 heterocycles. The Balaban J connectivity index is 1.78. The van der Waals surface area contributed by atoms with Gasteiger partial charge in [0, 0.05) is 29.9 Å². The van der Waals surface area contributed by atoms with E-state index in [4.69, 9.17) is 5.41 Å². The lowest BCUT2D eigenvalue weighted by Crippen LogP contribution is -2.43. The number of carbonyl (C=O) groups is 2. The second-order valence-corrected chi connectivity index (χ2v) is 7.75. The van der Waals surface area contributed by atoms with Crippen LogP contribution in [-0.2, 0) is 9.59 Å². The molecule has 1 aromatic rings. The molecule has 3 fully saturated rings. The molecule has 23 heavy (non-hydrogen) atoms. The van der Waals surface area contributed by atoms with E-state index < -0.39 is 5.92 Å². The summed E-state index contributed by atoms with van der Waals surface area (Å²) in [5, 5.41) is 8.29. The third-order valence-electron chi connectivity index (χ3n) is 6.40. The van der Waals surface area contributed by atoms with Crippen LogP contribution in [-0.4, -0.2) is 17.3 Å². The molecule has 3 nitrogen and oxygen atoms in total. The van der Waals surface area contributed by atoms with Crippen LogP contribution in [0, 0.1) is 49.9 Å². The lowest BCUT2D eigenvalue weighted by atomic mass is 9.64. The van der Waals surface area contributed by atoms with Crippen LogP contribution >= 0.6 is 0 Å². The normalized spacial score (nSPS) is 35.8. The number of nitrogens with one attached hydrogen (secondary N) is 1. The summed E-state index contributed by atoms with van der Waals surface area (Å²) < 4.78 is 0. The molecule has 0 radical (unpaired) electrons. The highest BCUT2D eigenvalue weighted by Crippen LogP contribution is 2.55. The molecule has 120 valence electrons. The maximum absolute atomic E-state index is 13.2. The van der Waals surface area contributed by atoms with Gasteiger partial charge in [0.2, 0.25) is 0 Å². The quantitative estimate of drug-likeness (QED) is 0.807. The van der Waals surface area contributed by atoms with Crippen molar-refractivity contribution in [1.29, 1.82) is 5.41 Å². The number of aryl methyl sites for hydroxylation is 3. The van der Waals surface area contributed by atoms with Gasteiger partial charge in [-0.25, -0.2) is 0 Å². The highest BCUT2D eigenvalue weighted by Gasteiger charge is 2.59. The van der Waals surface area contributed by atoms with E-state index in [0.717, 1.165) is 35.2 Å². The first kappa shape index (κ1) is 14.8. The third-order valence-corrected chi connectivity index (χ3v) is 6.40. The summed E-state index contributed by atoms with van der Waals surface area (Å²) in [6.07, 6.45) is 2.44. The standard InChI is InChI=1S/C20H23NO2/c1-9-6-10(2)16(11(3)7-9)18-15(22)8-14-12-4-5-13(19(12)21)17(14)20(18)23/h6-7,12-14,17-18,21H,4-5,8H2,1-3H3. The van der Waals surface area contributed by atoms with Crippen molar-refractivity contribution in [3.05, 3.63) is 34.4 Å². The molecule has 1 N–H and O–H groups in total. The van der Waals surface area contributed by atoms with E-state index in [1.807, 2.05) is 20.8 Å². The van der Waals surface area contributed by atoms with E-state index in [-0.39, 0.29) is 35.2 Å². The van der Waals surface area contributed by atoms with Crippen molar-refractivity contribution in [2.24, 2.45) is 23.7 Å². The highest BCUT2D eigenvalue weighted by atomic mass is 16.2. The van der Waals surface area contributed by atoms with E-state index in [9.17, 15) is 9.59 Å².